The van der Waals surface area contributed by atoms with Crippen molar-refractivity contribution in [1.29, 1.82) is 0 Å². The third-order valence-corrected chi connectivity index (χ3v) is 2.40. The number of aliphatic hydroxyl groups is 1. The Morgan fingerprint density at radius 2 is 1.83 bits per heavy atom. The van der Waals surface area contributed by atoms with Crippen molar-refractivity contribution in [3.63, 3.8) is 0 Å². The van der Waals surface area contributed by atoms with E-state index in [4.69, 9.17) is 5.11 Å². The summed E-state index contributed by atoms with van der Waals surface area (Å²) in [7, 11) is 0. The number of alkyl halides is 1. The van der Waals surface area contributed by atoms with Gasteiger partial charge in [-0.3, -0.25) is 0 Å². The molecule has 0 saturated heterocycles. The molecule has 3 unspecified atom stereocenters. The molecule has 0 aromatic carbocycles. The number of hydrogen-bond donors (Lipinski definition) is 1. The molecule has 1 N–H and O–H groups in total. The van der Waals surface area contributed by atoms with Gasteiger partial charge in [0.1, 0.15) is 6.17 Å². The van der Waals surface area contributed by atoms with Crippen LogP contribution in [-0.2, 0) is 0 Å². The van der Waals surface area contributed by atoms with Crippen LogP contribution in [0.1, 0.15) is 46.5 Å². The van der Waals surface area contributed by atoms with E-state index in [0.717, 1.165) is 19.3 Å². The molecule has 0 spiro atoms. The highest BCUT2D eigenvalue weighted by atomic mass is 19.1. The molecule has 0 fully saturated rings. The molecular weight excluding hydrogens is 155 g/mol. The Balaban J connectivity index is 3.30. The zero-order valence-electron chi connectivity index (χ0n) is 8.39. The van der Waals surface area contributed by atoms with E-state index in [1.54, 1.807) is 0 Å². The molecule has 0 rings (SSSR count). The fraction of sp³-hybridized carbons (Fsp3) is 1.00. The van der Waals surface area contributed by atoms with Gasteiger partial charge in [-0.1, -0.05) is 33.1 Å². The lowest BCUT2D eigenvalue weighted by molar-refractivity contribution is 0.0852. The molecule has 0 amide bonds. The second-order valence-corrected chi connectivity index (χ2v) is 3.70. The van der Waals surface area contributed by atoms with E-state index in [1.807, 2.05) is 0 Å². The predicted octanol–water partition coefficient (Wildman–Crippen LogP) is 2.92. The quantitative estimate of drug-likeness (QED) is 0.659. The van der Waals surface area contributed by atoms with E-state index in [0.29, 0.717) is 12.3 Å². The fourth-order valence-electron chi connectivity index (χ4n) is 1.11. The van der Waals surface area contributed by atoms with Gasteiger partial charge in [0.15, 0.2) is 0 Å². The lowest BCUT2D eigenvalue weighted by atomic mass is 9.99. The Bertz CT molecular complexity index is 104. The molecule has 0 bridgehead atoms. The second kappa shape index (κ2) is 6.41. The minimum atomic E-state index is -1.03. The summed E-state index contributed by atoms with van der Waals surface area (Å²) in [5.74, 6) is 0.686. The SMILES string of the molecule is CCC(C)CCCC(F)C(C)O. The molecular formula is C10H21FO. The van der Waals surface area contributed by atoms with E-state index in [9.17, 15) is 4.39 Å². The average Bonchev–Trinajstić information content (AvgIpc) is 2.03. The van der Waals surface area contributed by atoms with Crippen molar-refractivity contribution >= 4 is 0 Å². The van der Waals surface area contributed by atoms with Crippen molar-refractivity contribution in [3.8, 4) is 0 Å². The highest BCUT2D eigenvalue weighted by Gasteiger charge is 2.12. The highest BCUT2D eigenvalue weighted by molar-refractivity contribution is 4.63. The molecule has 1 nitrogen and oxygen atoms in total. The Hall–Kier alpha value is -0.110. The molecule has 0 aliphatic heterocycles. The number of halogens is 1. The fourth-order valence-corrected chi connectivity index (χ4v) is 1.11. The maximum atomic E-state index is 12.8. The normalized spacial score (nSPS) is 18.8. The molecule has 74 valence electrons. The van der Waals surface area contributed by atoms with Crippen molar-refractivity contribution in [3.05, 3.63) is 0 Å². The van der Waals surface area contributed by atoms with Crippen molar-refractivity contribution in [2.75, 3.05) is 0 Å². The van der Waals surface area contributed by atoms with Crippen molar-refractivity contribution in [1.82, 2.24) is 0 Å². The lowest BCUT2D eigenvalue weighted by Crippen LogP contribution is -2.17. The van der Waals surface area contributed by atoms with Crippen molar-refractivity contribution in [2.45, 2.75) is 58.7 Å². The summed E-state index contributed by atoms with van der Waals surface area (Å²) in [6.07, 6.45) is 1.79. The predicted molar refractivity (Wildman–Crippen MR) is 49.9 cm³/mol. The first-order valence-electron chi connectivity index (χ1n) is 4.90. The summed E-state index contributed by atoms with van der Waals surface area (Å²) < 4.78 is 12.8. The summed E-state index contributed by atoms with van der Waals surface area (Å²) in [4.78, 5) is 0. The first-order valence-corrected chi connectivity index (χ1v) is 4.90. The highest BCUT2D eigenvalue weighted by Crippen LogP contribution is 2.15. The zero-order valence-corrected chi connectivity index (χ0v) is 8.39. The summed E-state index contributed by atoms with van der Waals surface area (Å²) in [5.41, 5.74) is 0. The van der Waals surface area contributed by atoms with Crippen LogP contribution in [0.4, 0.5) is 4.39 Å². The monoisotopic (exact) mass is 176 g/mol. The van der Waals surface area contributed by atoms with E-state index >= 15 is 0 Å². The lowest BCUT2D eigenvalue weighted by Gasteiger charge is -2.12. The molecule has 0 aromatic rings. The van der Waals surface area contributed by atoms with Gasteiger partial charge >= 0.3 is 0 Å². The van der Waals surface area contributed by atoms with Gasteiger partial charge in [0.2, 0.25) is 0 Å². The molecule has 0 aliphatic rings. The average molecular weight is 176 g/mol. The molecule has 3 atom stereocenters. The van der Waals surface area contributed by atoms with Gasteiger partial charge in [-0.15, -0.1) is 0 Å². The van der Waals surface area contributed by atoms with Gasteiger partial charge in [-0.2, -0.15) is 0 Å². The van der Waals surface area contributed by atoms with Gasteiger partial charge in [0.05, 0.1) is 6.10 Å². The van der Waals surface area contributed by atoms with Gasteiger partial charge in [0.25, 0.3) is 0 Å². The molecule has 12 heavy (non-hydrogen) atoms. The van der Waals surface area contributed by atoms with Crippen molar-refractivity contribution < 1.29 is 9.50 Å². The zero-order chi connectivity index (χ0) is 9.56. The standard InChI is InChI=1S/C10H21FO/c1-4-8(2)6-5-7-10(11)9(3)12/h8-10,12H,4-7H2,1-3H3. The number of hydrogen-bond acceptors (Lipinski definition) is 1. The van der Waals surface area contributed by atoms with Crippen LogP contribution in [0.2, 0.25) is 0 Å². The van der Waals surface area contributed by atoms with Crippen LogP contribution in [-0.4, -0.2) is 17.4 Å². The van der Waals surface area contributed by atoms with E-state index < -0.39 is 12.3 Å². The second-order valence-electron chi connectivity index (χ2n) is 3.70. The molecule has 0 aromatic heterocycles. The van der Waals surface area contributed by atoms with E-state index in [2.05, 4.69) is 13.8 Å². The van der Waals surface area contributed by atoms with Crippen LogP contribution >= 0.6 is 0 Å². The van der Waals surface area contributed by atoms with Gasteiger partial charge in [0, 0.05) is 0 Å². The van der Waals surface area contributed by atoms with Gasteiger partial charge in [-0.05, 0) is 19.3 Å². The molecule has 0 radical (unpaired) electrons. The van der Waals surface area contributed by atoms with Crippen LogP contribution < -0.4 is 0 Å². The summed E-state index contributed by atoms with van der Waals surface area (Å²) in [5, 5.41) is 8.87. The van der Waals surface area contributed by atoms with Gasteiger partial charge in [-0.25, -0.2) is 4.39 Å². The molecule has 0 saturated carbocycles. The number of rotatable bonds is 6. The Kier molecular flexibility index (Phi) is 6.35. The molecule has 0 heterocycles. The number of aliphatic hydroxyl groups excluding tert-OH is 1. The van der Waals surface area contributed by atoms with Gasteiger partial charge < -0.3 is 5.11 Å². The first kappa shape index (κ1) is 11.9. The van der Waals surface area contributed by atoms with Crippen LogP contribution in [0.3, 0.4) is 0 Å². The third kappa shape index (κ3) is 5.53. The molecule has 2 heteroatoms. The summed E-state index contributed by atoms with van der Waals surface area (Å²) in [6.45, 7) is 5.83. The smallest absolute Gasteiger partial charge is 0.126 e. The topological polar surface area (TPSA) is 20.2 Å². The largest absolute Gasteiger partial charge is 0.390 e. The summed E-state index contributed by atoms with van der Waals surface area (Å²) >= 11 is 0. The van der Waals surface area contributed by atoms with E-state index in [-0.39, 0.29) is 0 Å². The van der Waals surface area contributed by atoms with Crippen LogP contribution in [0, 0.1) is 5.92 Å². The van der Waals surface area contributed by atoms with Crippen LogP contribution in [0.25, 0.3) is 0 Å². The van der Waals surface area contributed by atoms with E-state index in [1.165, 1.54) is 6.92 Å². The Morgan fingerprint density at radius 1 is 1.25 bits per heavy atom. The van der Waals surface area contributed by atoms with Crippen LogP contribution in [0.15, 0.2) is 0 Å². The van der Waals surface area contributed by atoms with Crippen molar-refractivity contribution in [2.24, 2.45) is 5.92 Å². The van der Waals surface area contributed by atoms with Crippen LogP contribution in [0.5, 0.6) is 0 Å². The third-order valence-electron chi connectivity index (χ3n) is 2.40. The molecule has 0 aliphatic carbocycles. The minimum Gasteiger partial charge on any atom is -0.390 e. The maximum absolute atomic E-state index is 12.8. The minimum absolute atomic E-state index is 0.502. The Labute approximate surface area is 75.0 Å². The summed E-state index contributed by atoms with van der Waals surface area (Å²) in [6, 6.07) is 0. The first-order chi connectivity index (χ1) is 5.57. The maximum Gasteiger partial charge on any atom is 0.126 e. The Morgan fingerprint density at radius 3 is 2.25 bits per heavy atom.